The van der Waals surface area contributed by atoms with E-state index in [4.69, 9.17) is 4.74 Å². The molecule has 7 heteroatoms. The van der Waals surface area contributed by atoms with Gasteiger partial charge in [0.1, 0.15) is 12.7 Å². The van der Waals surface area contributed by atoms with Gasteiger partial charge in [-0.15, -0.1) is 0 Å². The Hall–Kier alpha value is -1.73. The number of rotatable bonds is 5. The van der Waals surface area contributed by atoms with Crippen molar-refractivity contribution in [1.29, 1.82) is 0 Å². The molecule has 1 aromatic heterocycles. The van der Waals surface area contributed by atoms with E-state index in [2.05, 4.69) is 31.3 Å². The molecule has 0 saturated carbocycles. The third-order valence-electron chi connectivity index (χ3n) is 3.62. The SMILES string of the molecule is O=C(CCC1CCCO1)Nc1cc(Br)ccc1-n1cncn1. The Morgan fingerprint density at radius 3 is 3.14 bits per heavy atom. The maximum absolute atomic E-state index is 12.2. The van der Waals surface area contributed by atoms with Gasteiger partial charge in [0.25, 0.3) is 0 Å². The van der Waals surface area contributed by atoms with Crippen LogP contribution in [0.1, 0.15) is 25.7 Å². The highest BCUT2D eigenvalue weighted by molar-refractivity contribution is 9.10. The maximum Gasteiger partial charge on any atom is 0.224 e. The molecule has 116 valence electrons. The topological polar surface area (TPSA) is 69.0 Å². The lowest BCUT2D eigenvalue weighted by Crippen LogP contribution is -2.16. The molecule has 1 aliphatic heterocycles. The van der Waals surface area contributed by atoms with Gasteiger partial charge in [0, 0.05) is 17.5 Å². The fraction of sp³-hybridized carbons (Fsp3) is 0.400. The second-order valence-electron chi connectivity index (χ2n) is 5.22. The molecule has 1 aromatic carbocycles. The Balaban J connectivity index is 1.68. The van der Waals surface area contributed by atoms with Crippen LogP contribution >= 0.6 is 15.9 Å². The number of nitrogens with one attached hydrogen (secondary N) is 1. The first-order valence-corrected chi connectivity index (χ1v) is 8.07. The predicted molar refractivity (Wildman–Crippen MR) is 85.9 cm³/mol. The lowest BCUT2D eigenvalue weighted by Gasteiger charge is -2.13. The molecule has 6 nitrogen and oxygen atoms in total. The summed E-state index contributed by atoms with van der Waals surface area (Å²) in [7, 11) is 0. The van der Waals surface area contributed by atoms with Crippen LogP contribution in [0.5, 0.6) is 0 Å². The number of aromatic nitrogens is 3. The molecule has 1 N–H and O–H groups in total. The summed E-state index contributed by atoms with van der Waals surface area (Å²) in [5.41, 5.74) is 1.49. The van der Waals surface area contributed by atoms with E-state index in [0.29, 0.717) is 12.1 Å². The quantitative estimate of drug-likeness (QED) is 0.885. The molecule has 1 aliphatic rings. The molecule has 0 bridgehead atoms. The molecule has 1 atom stereocenters. The first-order chi connectivity index (χ1) is 10.7. The normalized spacial score (nSPS) is 17.6. The van der Waals surface area contributed by atoms with Crippen molar-refractivity contribution in [2.24, 2.45) is 0 Å². The molecule has 3 rings (SSSR count). The summed E-state index contributed by atoms with van der Waals surface area (Å²) in [6, 6.07) is 5.65. The largest absolute Gasteiger partial charge is 0.378 e. The van der Waals surface area contributed by atoms with Crippen LogP contribution in [0.4, 0.5) is 5.69 Å². The van der Waals surface area contributed by atoms with Crippen LogP contribution in [0.3, 0.4) is 0 Å². The minimum atomic E-state index is -0.0186. The van der Waals surface area contributed by atoms with E-state index >= 15 is 0 Å². The van der Waals surface area contributed by atoms with Gasteiger partial charge >= 0.3 is 0 Å². The monoisotopic (exact) mass is 364 g/mol. The van der Waals surface area contributed by atoms with E-state index in [1.165, 1.54) is 6.33 Å². The van der Waals surface area contributed by atoms with Gasteiger partial charge in [-0.1, -0.05) is 15.9 Å². The average molecular weight is 365 g/mol. The van der Waals surface area contributed by atoms with Gasteiger partial charge < -0.3 is 10.1 Å². The van der Waals surface area contributed by atoms with Crippen LogP contribution < -0.4 is 5.32 Å². The van der Waals surface area contributed by atoms with E-state index in [-0.39, 0.29) is 12.0 Å². The molecule has 1 amide bonds. The van der Waals surface area contributed by atoms with Crippen molar-refractivity contribution >= 4 is 27.5 Å². The summed E-state index contributed by atoms with van der Waals surface area (Å²) in [5.74, 6) is -0.0186. The number of amides is 1. The van der Waals surface area contributed by atoms with E-state index in [9.17, 15) is 4.79 Å². The molecule has 2 heterocycles. The fourth-order valence-corrected chi connectivity index (χ4v) is 2.88. The molecular formula is C15H17BrN4O2. The minimum absolute atomic E-state index is 0.0186. The third-order valence-corrected chi connectivity index (χ3v) is 4.11. The zero-order valence-electron chi connectivity index (χ0n) is 12.0. The van der Waals surface area contributed by atoms with Crippen molar-refractivity contribution in [3.8, 4) is 5.69 Å². The number of halogens is 1. The van der Waals surface area contributed by atoms with Crippen molar-refractivity contribution in [2.45, 2.75) is 31.8 Å². The maximum atomic E-state index is 12.2. The van der Waals surface area contributed by atoms with Crippen molar-refractivity contribution in [3.05, 3.63) is 35.3 Å². The summed E-state index contributed by atoms with van der Waals surface area (Å²) in [4.78, 5) is 16.1. The molecule has 1 unspecified atom stereocenters. The molecule has 2 aromatic rings. The number of carbonyl (C=O) groups is 1. The van der Waals surface area contributed by atoms with Crippen molar-refractivity contribution < 1.29 is 9.53 Å². The summed E-state index contributed by atoms with van der Waals surface area (Å²) < 4.78 is 8.07. The van der Waals surface area contributed by atoms with Crippen LogP contribution in [-0.2, 0) is 9.53 Å². The van der Waals surface area contributed by atoms with Crippen molar-refractivity contribution in [2.75, 3.05) is 11.9 Å². The average Bonchev–Trinajstić information content (AvgIpc) is 3.19. The molecule has 0 aliphatic carbocycles. The van der Waals surface area contributed by atoms with E-state index < -0.39 is 0 Å². The van der Waals surface area contributed by atoms with Crippen LogP contribution in [0, 0.1) is 0 Å². The third kappa shape index (κ3) is 3.72. The Labute approximate surface area is 137 Å². The summed E-state index contributed by atoms with van der Waals surface area (Å²) in [6.45, 7) is 0.814. The number of hydrogen-bond donors (Lipinski definition) is 1. The number of benzene rings is 1. The zero-order chi connectivity index (χ0) is 15.4. The number of nitrogens with zero attached hydrogens (tertiary/aromatic N) is 3. The molecule has 22 heavy (non-hydrogen) atoms. The zero-order valence-corrected chi connectivity index (χ0v) is 13.6. The Bertz CT molecular complexity index is 639. The van der Waals surface area contributed by atoms with E-state index in [0.717, 1.165) is 36.0 Å². The fourth-order valence-electron chi connectivity index (χ4n) is 2.52. The van der Waals surface area contributed by atoms with Gasteiger partial charge in [-0.2, -0.15) is 5.10 Å². The van der Waals surface area contributed by atoms with Gasteiger partial charge in [0.15, 0.2) is 0 Å². The number of ether oxygens (including phenoxy) is 1. The van der Waals surface area contributed by atoms with Crippen LogP contribution in [0.15, 0.2) is 35.3 Å². The lowest BCUT2D eigenvalue weighted by atomic mass is 10.1. The number of anilines is 1. The van der Waals surface area contributed by atoms with Crippen LogP contribution in [0.2, 0.25) is 0 Å². The number of hydrogen-bond acceptors (Lipinski definition) is 4. The second kappa shape index (κ2) is 7.02. The highest BCUT2D eigenvalue weighted by Crippen LogP contribution is 2.25. The standard InChI is InChI=1S/C15H17BrN4O2/c16-11-3-5-14(20-10-17-9-18-20)13(8-11)19-15(21)6-4-12-2-1-7-22-12/h3,5,8-10,12H,1-2,4,6-7H2,(H,19,21). The van der Waals surface area contributed by atoms with Crippen molar-refractivity contribution in [1.82, 2.24) is 14.8 Å². The molecule has 1 saturated heterocycles. The Kier molecular flexibility index (Phi) is 4.84. The van der Waals surface area contributed by atoms with Gasteiger partial charge in [-0.25, -0.2) is 9.67 Å². The lowest BCUT2D eigenvalue weighted by molar-refractivity contribution is -0.116. The Morgan fingerprint density at radius 2 is 2.41 bits per heavy atom. The van der Waals surface area contributed by atoms with Crippen LogP contribution in [0.25, 0.3) is 5.69 Å². The highest BCUT2D eigenvalue weighted by atomic mass is 79.9. The summed E-state index contributed by atoms with van der Waals surface area (Å²) in [6.07, 6.45) is 6.65. The van der Waals surface area contributed by atoms with E-state index in [1.807, 2.05) is 18.2 Å². The molecule has 0 spiro atoms. The minimum Gasteiger partial charge on any atom is -0.378 e. The first-order valence-electron chi connectivity index (χ1n) is 7.28. The Morgan fingerprint density at radius 1 is 1.50 bits per heavy atom. The molecule has 0 radical (unpaired) electrons. The molecule has 1 fully saturated rings. The first kappa shape index (κ1) is 15.2. The van der Waals surface area contributed by atoms with Crippen molar-refractivity contribution in [3.63, 3.8) is 0 Å². The second-order valence-corrected chi connectivity index (χ2v) is 6.14. The summed E-state index contributed by atoms with van der Waals surface area (Å²) >= 11 is 3.43. The van der Waals surface area contributed by atoms with Gasteiger partial charge in [-0.05, 0) is 37.5 Å². The summed E-state index contributed by atoms with van der Waals surface area (Å²) in [5, 5.41) is 7.06. The molecular weight excluding hydrogens is 348 g/mol. The highest BCUT2D eigenvalue weighted by Gasteiger charge is 2.17. The smallest absolute Gasteiger partial charge is 0.224 e. The number of carbonyl (C=O) groups excluding carboxylic acids is 1. The van der Waals surface area contributed by atoms with Gasteiger partial charge in [0.2, 0.25) is 5.91 Å². The van der Waals surface area contributed by atoms with E-state index in [1.54, 1.807) is 11.0 Å². The van der Waals surface area contributed by atoms with Crippen LogP contribution in [-0.4, -0.2) is 33.4 Å². The van der Waals surface area contributed by atoms with Gasteiger partial charge in [0.05, 0.1) is 17.5 Å². The predicted octanol–water partition coefficient (Wildman–Crippen LogP) is 2.93. The van der Waals surface area contributed by atoms with Gasteiger partial charge in [-0.3, -0.25) is 4.79 Å².